The zero-order valence-corrected chi connectivity index (χ0v) is 10.2. The number of carboxylic acids is 1. The van der Waals surface area contributed by atoms with Gasteiger partial charge in [-0.1, -0.05) is 0 Å². The summed E-state index contributed by atoms with van der Waals surface area (Å²) < 4.78 is 5.62. The molecule has 2 heterocycles. The van der Waals surface area contributed by atoms with Crippen LogP contribution in [0.5, 0.6) is 0 Å². The second-order valence-corrected chi connectivity index (χ2v) is 4.65. The summed E-state index contributed by atoms with van der Waals surface area (Å²) in [5.41, 5.74) is 0.934. The van der Waals surface area contributed by atoms with Crippen molar-refractivity contribution >= 4 is 5.97 Å². The smallest absolute Gasteiger partial charge is 0.304 e. The van der Waals surface area contributed by atoms with Gasteiger partial charge in [-0.3, -0.25) is 4.79 Å². The highest BCUT2D eigenvalue weighted by atomic mass is 16.4. The van der Waals surface area contributed by atoms with Crippen LogP contribution >= 0.6 is 0 Å². The first-order valence-corrected chi connectivity index (χ1v) is 5.95. The van der Waals surface area contributed by atoms with Gasteiger partial charge in [-0.25, -0.2) is 4.98 Å². The van der Waals surface area contributed by atoms with Crippen molar-refractivity contribution in [2.75, 3.05) is 6.54 Å². The summed E-state index contributed by atoms with van der Waals surface area (Å²) in [6, 6.07) is 0.0380. The zero-order valence-electron chi connectivity index (χ0n) is 10.2. The Hall–Kier alpha value is -1.36. The second kappa shape index (κ2) is 4.87. The van der Waals surface area contributed by atoms with Crippen LogP contribution in [-0.4, -0.2) is 28.6 Å². The summed E-state index contributed by atoms with van der Waals surface area (Å²) >= 11 is 0. The lowest BCUT2D eigenvalue weighted by Gasteiger charge is -2.28. The number of oxazole rings is 1. The van der Waals surface area contributed by atoms with Crippen LogP contribution in [0, 0.1) is 13.8 Å². The fourth-order valence-corrected chi connectivity index (χ4v) is 2.54. The third-order valence-electron chi connectivity index (χ3n) is 3.23. The number of aryl methyl sites for hydroxylation is 2. The molecule has 0 aliphatic carbocycles. The van der Waals surface area contributed by atoms with Gasteiger partial charge in [0.2, 0.25) is 0 Å². The van der Waals surface area contributed by atoms with Crippen molar-refractivity contribution in [3.8, 4) is 0 Å². The van der Waals surface area contributed by atoms with Gasteiger partial charge in [-0.05, 0) is 26.3 Å². The zero-order chi connectivity index (χ0) is 12.4. The molecule has 0 radical (unpaired) electrons. The molecule has 1 saturated heterocycles. The van der Waals surface area contributed by atoms with E-state index in [-0.39, 0.29) is 12.5 Å². The van der Waals surface area contributed by atoms with E-state index in [1.54, 1.807) is 0 Å². The molecule has 1 aromatic rings. The van der Waals surface area contributed by atoms with E-state index in [0.29, 0.717) is 11.8 Å². The van der Waals surface area contributed by atoms with Crippen molar-refractivity contribution in [2.24, 2.45) is 0 Å². The summed E-state index contributed by atoms with van der Waals surface area (Å²) in [6.45, 7) is 4.62. The van der Waals surface area contributed by atoms with Crippen molar-refractivity contribution < 1.29 is 14.3 Å². The maximum atomic E-state index is 10.7. The minimum Gasteiger partial charge on any atom is -0.481 e. The molecule has 0 bridgehead atoms. The molecule has 0 spiro atoms. The Morgan fingerprint density at radius 1 is 1.59 bits per heavy atom. The Morgan fingerprint density at radius 2 is 2.35 bits per heavy atom. The highest BCUT2D eigenvalue weighted by molar-refractivity contribution is 5.67. The molecule has 1 fully saturated rings. The van der Waals surface area contributed by atoms with Crippen molar-refractivity contribution in [1.82, 2.24) is 10.3 Å². The van der Waals surface area contributed by atoms with Crippen LogP contribution in [0.3, 0.4) is 0 Å². The topological polar surface area (TPSA) is 75.4 Å². The molecule has 1 aliphatic heterocycles. The molecule has 5 heteroatoms. The predicted molar refractivity (Wildman–Crippen MR) is 62.0 cm³/mol. The number of aromatic nitrogens is 1. The van der Waals surface area contributed by atoms with E-state index in [9.17, 15) is 4.79 Å². The molecule has 0 aromatic carbocycles. The van der Waals surface area contributed by atoms with Crippen molar-refractivity contribution in [2.45, 2.75) is 45.1 Å². The molecule has 0 saturated carbocycles. The number of aliphatic carboxylic acids is 1. The first-order valence-electron chi connectivity index (χ1n) is 5.95. The molecule has 1 aromatic heterocycles. The molecular weight excluding hydrogens is 220 g/mol. The van der Waals surface area contributed by atoms with E-state index in [0.717, 1.165) is 30.8 Å². The average molecular weight is 238 g/mol. The van der Waals surface area contributed by atoms with Crippen molar-refractivity contribution in [3.63, 3.8) is 0 Å². The largest absolute Gasteiger partial charge is 0.481 e. The normalized spacial score (nSPS) is 24.8. The van der Waals surface area contributed by atoms with Crippen LogP contribution in [0.25, 0.3) is 0 Å². The fraction of sp³-hybridized carbons (Fsp3) is 0.667. The Labute approximate surface area is 100 Å². The Bertz CT molecular complexity index is 414. The molecule has 5 nitrogen and oxygen atoms in total. The second-order valence-electron chi connectivity index (χ2n) is 4.65. The molecule has 2 rings (SSSR count). The summed E-state index contributed by atoms with van der Waals surface area (Å²) in [4.78, 5) is 15.0. The molecule has 2 N–H and O–H groups in total. The van der Waals surface area contributed by atoms with E-state index in [4.69, 9.17) is 9.52 Å². The molecule has 2 unspecified atom stereocenters. The van der Waals surface area contributed by atoms with Crippen molar-refractivity contribution in [3.05, 3.63) is 17.3 Å². The van der Waals surface area contributed by atoms with Crippen LogP contribution in [0.4, 0.5) is 0 Å². The van der Waals surface area contributed by atoms with Gasteiger partial charge in [0.05, 0.1) is 12.1 Å². The van der Waals surface area contributed by atoms with Crippen LogP contribution in [-0.2, 0) is 4.79 Å². The molecule has 1 aliphatic rings. The first kappa shape index (κ1) is 12.1. The van der Waals surface area contributed by atoms with Gasteiger partial charge < -0.3 is 14.8 Å². The number of piperidine rings is 1. The van der Waals surface area contributed by atoms with Gasteiger partial charge >= 0.3 is 5.97 Å². The lowest BCUT2D eigenvalue weighted by molar-refractivity contribution is -0.137. The Balaban J connectivity index is 2.06. The SMILES string of the molecule is Cc1nc(C)c(C2CCNC(CC(=O)O)C2)o1. The number of rotatable bonds is 3. The predicted octanol–water partition coefficient (Wildman–Crippen LogP) is 1.60. The number of nitrogens with zero attached hydrogens (tertiary/aromatic N) is 1. The third kappa shape index (κ3) is 2.85. The number of nitrogens with one attached hydrogen (secondary N) is 1. The van der Waals surface area contributed by atoms with Gasteiger partial charge in [-0.15, -0.1) is 0 Å². The highest BCUT2D eigenvalue weighted by Crippen LogP contribution is 2.31. The number of carboxylic acid groups (broad SMARTS) is 1. The van der Waals surface area contributed by atoms with E-state index in [2.05, 4.69) is 10.3 Å². The maximum absolute atomic E-state index is 10.7. The number of hydrogen-bond donors (Lipinski definition) is 2. The van der Waals surface area contributed by atoms with Crippen molar-refractivity contribution in [1.29, 1.82) is 0 Å². The van der Waals surface area contributed by atoms with Gasteiger partial charge in [0.15, 0.2) is 5.89 Å². The van der Waals surface area contributed by atoms with Crippen LogP contribution < -0.4 is 5.32 Å². The Kier molecular flexibility index (Phi) is 3.47. The van der Waals surface area contributed by atoms with Crippen LogP contribution in [0.1, 0.15) is 42.5 Å². The summed E-state index contributed by atoms with van der Waals surface area (Å²) in [7, 11) is 0. The Morgan fingerprint density at radius 3 is 2.94 bits per heavy atom. The lowest BCUT2D eigenvalue weighted by atomic mass is 9.88. The molecule has 0 amide bonds. The molecule has 2 atom stereocenters. The molecular formula is C12H18N2O3. The standard InChI is InChI=1S/C12H18N2O3/c1-7-12(17-8(2)14-7)9-3-4-13-10(5-9)6-11(15)16/h9-10,13H,3-6H2,1-2H3,(H,15,16). The van der Waals surface area contributed by atoms with E-state index < -0.39 is 5.97 Å². The third-order valence-corrected chi connectivity index (χ3v) is 3.23. The maximum Gasteiger partial charge on any atom is 0.304 e. The van der Waals surface area contributed by atoms with Gasteiger partial charge in [0.1, 0.15) is 5.76 Å². The summed E-state index contributed by atoms with van der Waals surface area (Å²) in [5.74, 6) is 1.15. The monoisotopic (exact) mass is 238 g/mol. The van der Waals surface area contributed by atoms with Gasteiger partial charge in [0, 0.05) is 18.9 Å². The fourth-order valence-electron chi connectivity index (χ4n) is 2.54. The summed E-state index contributed by atoms with van der Waals surface area (Å²) in [5, 5.41) is 12.0. The molecule has 94 valence electrons. The van der Waals surface area contributed by atoms with E-state index >= 15 is 0 Å². The highest BCUT2D eigenvalue weighted by Gasteiger charge is 2.28. The number of carbonyl (C=O) groups is 1. The summed E-state index contributed by atoms with van der Waals surface area (Å²) in [6.07, 6.45) is 1.95. The van der Waals surface area contributed by atoms with Gasteiger partial charge in [-0.2, -0.15) is 0 Å². The number of hydrogen-bond acceptors (Lipinski definition) is 4. The minimum atomic E-state index is -0.756. The van der Waals surface area contributed by atoms with Crippen LogP contribution in [0.2, 0.25) is 0 Å². The van der Waals surface area contributed by atoms with Gasteiger partial charge in [0.25, 0.3) is 0 Å². The first-order chi connectivity index (χ1) is 8.06. The lowest BCUT2D eigenvalue weighted by Crippen LogP contribution is -2.38. The quantitative estimate of drug-likeness (QED) is 0.836. The van der Waals surface area contributed by atoms with E-state index in [1.165, 1.54) is 0 Å². The average Bonchev–Trinajstić information content (AvgIpc) is 2.57. The minimum absolute atomic E-state index is 0.0380. The van der Waals surface area contributed by atoms with E-state index in [1.807, 2.05) is 13.8 Å². The molecule has 17 heavy (non-hydrogen) atoms. The van der Waals surface area contributed by atoms with Crippen LogP contribution in [0.15, 0.2) is 4.42 Å².